The number of allylic oxidation sites excluding steroid dienone is 1. The third-order valence-corrected chi connectivity index (χ3v) is 4.80. The van der Waals surface area contributed by atoms with Gasteiger partial charge in [-0.1, -0.05) is 87.7 Å². The zero-order valence-corrected chi connectivity index (χ0v) is 17.8. The van der Waals surface area contributed by atoms with E-state index in [1.165, 1.54) is 57.8 Å². The molecule has 24 heavy (non-hydrogen) atoms. The van der Waals surface area contributed by atoms with Crippen molar-refractivity contribution in [3.05, 3.63) is 12.2 Å². The molecular weight excluding hydrogens is 364 g/mol. The number of hydrogen-bond acceptors (Lipinski definition) is 2. The van der Waals surface area contributed by atoms with Crippen molar-refractivity contribution in [3.63, 3.8) is 0 Å². The molecule has 0 aromatic carbocycles. The van der Waals surface area contributed by atoms with Crippen LogP contribution in [0.15, 0.2) is 12.2 Å². The molecule has 0 N–H and O–H groups in total. The lowest BCUT2D eigenvalue weighted by atomic mass is 10.1. The Labute approximate surface area is 158 Å². The van der Waals surface area contributed by atoms with Crippen LogP contribution in [0.5, 0.6) is 0 Å². The molecule has 0 heterocycles. The minimum absolute atomic E-state index is 0.0878. The number of unbranched alkanes of at least 4 members (excludes halogenated alkanes) is 8. The SMILES string of the molecule is CCCCCC/C=C/C(=O)OC(CC)CCCCCCCC(C)Br. The Morgan fingerprint density at radius 1 is 0.958 bits per heavy atom. The maximum atomic E-state index is 11.8. The van der Waals surface area contributed by atoms with Crippen molar-refractivity contribution in [2.75, 3.05) is 0 Å². The van der Waals surface area contributed by atoms with Crippen molar-refractivity contribution in [1.29, 1.82) is 0 Å². The second-order valence-electron chi connectivity index (χ2n) is 6.84. The molecule has 0 saturated carbocycles. The quantitative estimate of drug-likeness (QED) is 0.117. The first-order valence-corrected chi connectivity index (χ1v) is 11.0. The van der Waals surface area contributed by atoms with Gasteiger partial charge in [0, 0.05) is 10.9 Å². The second-order valence-corrected chi connectivity index (χ2v) is 8.41. The van der Waals surface area contributed by atoms with Gasteiger partial charge < -0.3 is 4.74 Å². The maximum Gasteiger partial charge on any atom is 0.330 e. The van der Waals surface area contributed by atoms with Crippen molar-refractivity contribution >= 4 is 21.9 Å². The monoisotopic (exact) mass is 402 g/mol. The summed E-state index contributed by atoms with van der Waals surface area (Å²) in [5.74, 6) is -0.163. The Morgan fingerprint density at radius 2 is 1.58 bits per heavy atom. The normalized spacial score (nSPS) is 14.0. The molecule has 0 bridgehead atoms. The van der Waals surface area contributed by atoms with Crippen LogP contribution in [-0.4, -0.2) is 16.9 Å². The Hall–Kier alpha value is -0.310. The van der Waals surface area contributed by atoms with E-state index in [0.717, 1.165) is 25.7 Å². The van der Waals surface area contributed by atoms with Crippen molar-refractivity contribution < 1.29 is 9.53 Å². The van der Waals surface area contributed by atoms with Gasteiger partial charge in [0.2, 0.25) is 0 Å². The lowest BCUT2D eigenvalue weighted by Gasteiger charge is -2.15. The number of carbonyl (C=O) groups excluding carboxylic acids is 1. The van der Waals surface area contributed by atoms with Crippen LogP contribution in [0.4, 0.5) is 0 Å². The summed E-state index contributed by atoms with van der Waals surface area (Å²) in [5, 5.41) is 0. The van der Waals surface area contributed by atoms with Crippen LogP contribution in [0, 0.1) is 0 Å². The molecule has 2 nitrogen and oxygen atoms in total. The van der Waals surface area contributed by atoms with E-state index in [9.17, 15) is 4.79 Å². The molecule has 0 aromatic rings. The molecule has 0 fully saturated rings. The van der Waals surface area contributed by atoms with Gasteiger partial charge in [-0.15, -0.1) is 0 Å². The highest BCUT2D eigenvalue weighted by atomic mass is 79.9. The van der Waals surface area contributed by atoms with E-state index in [2.05, 4.69) is 36.7 Å². The van der Waals surface area contributed by atoms with Gasteiger partial charge in [0.25, 0.3) is 0 Å². The first-order chi connectivity index (χ1) is 11.6. The lowest BCUT2D eigenvalue weighted by molar-refractivity contribution is -0.143. The standard InChI is InChI=1S/C21H39BrO2/c1-4-6-7-8-12-15-18-21(23)24-20(5-2)17-14-11-9-10-13-16-19(3)22/h15,18-20H,4-14,16-17H2,1-3H3/b18-15+. The van der Waals surface area contributed by atoms with Gasteiger partial charge in [-0.2, -0.15) is 0 Å². The molecule has 0 rings (SSSR count). The average Bonchev–Trinajstić information content (AvgIpc) is 2.55. The molecule has 0 aliphatic heterocycles. The number of carbonyl (C=O) groups is 1. The molecule has 0 aromatic heterocycles. The highest BCUT2D eigenvalue weighted by molar-refractivity contribution is 9.09. The van der Waals surface area contributed by atoms with Gasteiger partial charge in [-0.05, 0) is 38.5 Å². The van der Waals surface area contributed by atoms with E-state index < -0.39 is 0 Å². The minimum atomic E-state index is -0.163. The van der Waals surface area contributed by atoms with Gasteiger partial charge in [-0.25, -0.2) is 4.79 Å². The van der Waals surface area contributed by atoms with Crippen molar-refractivity contribution in [2.24, 2.45) is 0 Å². The van der Waals surface area contributed by atoms with E-state index in [-0.39, 0.29) is 12.1 Å². The van der Waals surface area contributed by atoms with Crippen LogP contribution < -0.4 is 0 Å². The molecule has 2 atom stereocenters. The molecule has 0 saturated heterocycles. The second kappa shape index (κ2) is 17.5. The smallest absolute Gasteiger partial charge is 0.330 e. The first-order valence-electron chi connectivity index (χ1n) is 10.1. The molecule has 0 spiro atoms. The summed E-state index contributed by atoms with van der Waals surface area (Å²) < 4.78 is 5.55. The Kier molecular flexibility index (Phi) is 17.3. The number of rotatable bonds is 16. The average molecular weight is 403 g/mol. The van der Waals surface area contributed by atoms with E-state index in [1.807, 2.05) is 6.08 Å². The summed E-state index contributed by atoms with van der Waals surface area (Å²) in [6.45, 7) is 6.52. The van der Waals surface area contributed by atoms with Crippen LogP contribution >= 0.6 is 15.9 Å². The molecule has 0 amide bonds. The van der Waals surface area contributed by atoms with E-state index in [0.29, 0.717) is 4.83 Å². The van der Waals surface area contributed by atoms with E-state index in [4.69, 9.17) is 4.74 Å². The van der Waals surface area contributed by atoms with Crippen LogP contribution in [0.1, 0.15) is 104 Å². The molecule has 0 aliphatic carbocycles. The fourth-order valence-electron chi connectivity index (χ4n) is 2.75. The fraction of sp³-hybridized carbons (Fsp3) is 0.857. The number of esters is 1. The number of alkyl halides is 1. The number of halogens is 1. The molecular formula is C21H39BrO2. The Balaban J connectivity index is 3.66. The third kappa shape index (κ3) is 16.5. The number of hydrogen-bond donors (Lipinski definition) is 0. The fourth-order valence-corrected chi connectivity index (χ4v) is 3.07. The van der Waals surface area contributed by atoms with Gasteiger partial charge in [0.05, 0.1) is 0 Å². The Bertz CT molecular complexity index is 313. The van der Waals surface area contributed by atoms with Crippen molar-refractivity contribution in [2.45, 2.75) is 115 Å². The predicted octanol–water partition coefficient (Wildman–Crippen LogP) is 7.35. The first kappa shape index (κ1) is 23.7. The summed E-state index contributed by atoms with van der Waals surface area (Å²) >= 11 is 3.59. The van der Waals surface area contributed by atoms with Crippen LogP contribution in [-0.2, 0) is 9.53 Å². The minimum Gasteiger partial charge on any atom is -0.459 e. The summed E-state index contributed by atoms with van der Waals surface area (Å²) in [6.07, 6.45) is 19.1. The van der Waals surface area contributed by atoms with Gasteiger partial charge in [0.1, 0.15) is 6.10 Å². The van der Waals surface area contributed by atoms with E-state index in [1.54, 1.807) is 6.08 Å². The molecule has 2 unspecified atom stereocenters. The van der Waals surface area contributed by atoms with Crippen LogP contribution in [0.25, 0.3) is 0 Å². The zero-order valence-electron chi connectivity index (χ0n) is 16.2. The topological polar surface area (TPSA) is 26.3 Å². The molecule has 142 valence electrons. The van der Waals surface area contributed by atoms with Gasteiger partial charge in [0.15, 0.2) is 0 Å². The van der Waals surface area contributed by atoms with Crippen LogP contribution in [0.2, 0.25) is 0 Å². The Morgan fingerprint density at radius 3 is 2.21 bits per heavy atom. The van der Waals surface area contributed by atoms with Gasteiger partial charge in [-0.3, -0.25) is 0 Å². The van der Waals surface area contributed by atoms with Gasteiger partial charge >= 0.3 is 5.97 Å². The molecule has 0 aliphatic rings. The molecule has 3 heteroatoms. The summed E-state index contributed by atoms with van der Waals surface area (Å²) in [7, 11) is 0. The summed E-state index contributed by atoms with van der Waals surface area (Å²) in [4.78, 5) is 12.5. The lowest BCUT2D eigenvalue weighted by Crippen LogP contribution is -2.15. The molecule has 0 radical (unpaired) electrons. The van der Waals surface area contributed by atoms with Crippen molar-refractivity contribution in [3.8, 4) is 0 Å². The number of ether oxygens (including phenoxy) is 1. The summed E-state index contributed by atoms with van der Waals surface area (Å²) in [6, 6.07) is 0. The highest BCUT2D eigenvalue weighted by Gasteiger charge is 2.10. The largest absolute Gasteiger partial charge is 0.459 e. The zero-order chi connectivity index (χ0) is 18.0. The summed E-state index contributed by atoms with van der Waals surface area (Å²) in [5.41, 5.74) is 0. The predicted molar refractivity (Wildman–Crippen MR) is 109 cm³/mol. The maximum absolute atomic E-state index is 11.8. The van der Waals surface area contributed by atoms with Crippen molar-refractivity contribution in [1.82, 2.24) is 0 Å². The highest BCUT2D eigenvalue weighted by Crippen LogP contribution is 2.15. The van der Waals surface area contributed by atoms with E-state index >= 15 is 0 Å². The third-order valence-electron chi connectivity index (χ3n) is 4.34. The van der Waals surface area contributed by atoms with Crippen LogP contribution in [0.3, 0.4) is 0 Å².